The molecule has 3 aromatic heterocycles. The van der Waals surface area contributed by atoms with Crippen molar-refractivity contribution < 1.29 is 37.1 Å². The molecule has 0 saturated carbocycles. The number of benzene rings is 1. The van der Waals surface area contributed by atoms with Crippen LogP contribution in [0.2, 0.25) is 0 Å². The van der Waals surface area contributed by atoms with Crippen molar-refractivity contribution in [3.8, 4) is 11.3 Å². The normalized spacial score (nSPS) is 13.9. The Hall–Kier alpha value is -4.33. The third kappa shape index (κ3) is 6.45. The van der Waals surface area contributed by atoms with Crippen molar-refractivity contribution in [1.82, 2.24) is 30.1 Å². The Morgan fingerprint density at radius 2 is 1.88 bits per heavy atom. The lowest BCUT2D eigenvalue weighted by atomic mass is 9.97. The lowest BCUT2D eigenvalue weighted by Gasteiger charge is -2.24. The Kier molecular flexibility index (Phi) is 7.91. The second kappa shape index (κ2) is 11.0. The number of carbonyl (C=O) groups is 2. The van der Waals surface area contributed by atoms with Gasteiger partial charge in [0, 0.05) is 29.6 Å². The summed E-state index contributed by atoms with van der Waals surface area (Å²) in [5.41, 5.74) is 5.79. The lowest BCUT2D eigenvalue weighted by Crippen LogP contribution is -2.24. The van der Waals surface area contributed by atoms with Gasteiger partial charge in [-0.15, -0.1) is 0 Å². The molecule has 11 nitrogen and oxygen atoms in total. The average molecular weight is 561 g/mol. The SMILES string of the molecule is Cc1cc(-c2ncnn3cc(C4COC4)cc23)ccc1CNC(=O)c1noc(C(C)(C)C)n1.O=C(O)C(F)(F)F. The van der Waals surface area contributed by atoms with E-state index in [0.29, 0.717) is 18.4 Å². The van der Waals surface area contributed by atoms with Gasteiger partial charge in [0.05, 0.1) is 24.4 Å². The van der Waals surface area contributed by atoms with Gasteiger partial charge in [0.15, 0.2) is 0 Å². The monoisotopic (exact) mass is 560 g/mol. The summed E-state index contributed by atoms with van der Waals surface area (Å²) in [6, 6.07) is 8.24. The van der Waals surface area contributed by atoms with Crippen molar-refractivity contribution in [3.63, 3.8) is 0 Å². The van der Waals surface area contributed by atoms with E-state index in [1.165, 1.54) is 5.56 Å². The quantitative estimate of drug-likeness (QED) is 0.369. The van der Waals surface area contributed by atoms with Gasteiger partial charge in [0.25, 0.3) is 11.7 Å². The van der Waals surface area contributed by atoms with Gasteiger partial charge in [-0.3, -0.25) is 4.79 Å². The van der Waals surface area contributed by atoms with Crippen LogP contribution in [0.1, 0.15) is 59.9 Å². The van der Waals surface area contributed by atoms with Crippen LogP contribution >= 0.6 is 0 Å². The lowest BCUT2D eigenvalue weighted by molar-refractivity contribution is -0.192. The van der Waals surface area contributed by atoms with Crippen molar-refractivity contribution in [2.75, 3.05) is 13.2 Å². The molecule has 4 heterocycles. The topological polar surface area (TPSA) is 145 Å². The van der Waals surface area contributed by atoms with Gasteiger partial charge in [-0.1, -0.05) is 38.1 Å². The molecule has 4 aromatic rings. The molecule has 14 heteroatoms. The van der Waals surface area contributed by atoms with Crippen molar-refractivity contribution in [2.24, 2.45) is 0 Å². The molecule has 1 amide bonds. The number of alkyl halides is 3. The maximum absolute atomic E-state index is 12.5. The number of fused-ring (bicyclic) bond motifs is 1. The van der Waals surface area contributed by atoms with Crippen LogP contribution in [-0.2, 0) is 21.5 Å². The Bertz CT molecular complexity index is 1540. The van der Waals surface area contributed by atoms with E-state index < -0.39 is 12.1 Å². The highest BCUT2D eigenvalue weighted by Gasteiger charge is 2.38. The van der Waals surface area contributed by atoms with Crippen LogP contribution in [0.15, 0.2) is 41.3 Å². The number of carbonyl (C=O) groups excluding carboxylic acids is 1. The zero-order valence-electron chi connectivity index (χ0n) is 22.1. The molecule has 0 spiro atoms. The first-order chi connectivity index (χ1) is 18.7. The summed E-state index contributed by atoms with van der Waals surface area (Å²) in [5.74, 6) is -2.23. The van der Waals surface area contributed by atoms with Crippen molar-refractivity contribution in [1.29, 1.82) is 0 Å². The summed E-state index contributed by atoms with van der Waals surface area (Å²) < 4.78 is 44.1. The Balaban J connectivity index is 0.000000470. The van der Waals surface area contributed by atoms with E-state index in [4.69, 9.17) is 19.2 Å². The zero-order chi connectivity index (χ0) is 29.2. The highest BCUT2D eigenvalue weighted by molar-refractivity contribution is 5.90. The zero-order valence-corrected chi connectivity index (χ0v) is 22.1. The summed E-state index contributed by atoms with van der Waals surface area (Å²) in [4.78, 5) is 30.1. The molecule has 40 heavy (non-hydrogen) atoms. The number of rotatable bonds is 5. The molecule has 1 aromatic carbocycles. The van der Waals surface area contributed by atoms with E-state index in [-0.39, 0.29) is 17.1 Å². The molecule has 1 fully saturated rings. The van der Waals surface area contributed by atoms with Gasteiger partial charge in [0.2, 0.25) is 5.89 Å². The van der Waals surface area contributed by atoms with Crippen LogP contribution in [0.3, 0.4) is 0 Å². The molecule has 1 aliphatic rings. The number of aromatic nitrogens is 5. The number of amides is 1. The predicted octanol–water partition coefficient (Wildman–Crippen LogP) is 4.06. The first-order valence-corrected chi connectivity index (χ1v) is 12.2. The minimum atomic E-state index is -5.08. The van der Waals surface area contributed by atoms with Crippen LogP contribution in [0, 0.1) is 6.92 Å². The molecule has 0 radical (unpaired) electrons. The first-order valence-electron chi connectivity index (χ1n) is 12.2. The van der Waals surface area contributed by atoms with Gasteiger partial charge in [-0.25, -0.2) is 14.3 Å². The molecule has 0 atom stereocenters. The number of hydrogen-bond acceptors (Lipinski definition) is 8. The number of aliphatic carboxylic acids is 1. The summed E-state index contributed by atoms with van der Waals surface area (Å²) in [6.45, 7) is 9.74. The standard InChI is InChI=1S/C24H26N6O3.C2HF3O2/c1-14-7-15(20-19-8-17(18-11-32-12-18)10-30(19)27-13-26-20)5-6-16(14)9-25-22(31)21-28-23(33-29-21)24(2,3)4;3-2(4,5)1(6)7/h5-8,10,13,18H,9,11-12H2,1-4H3,(H,25,31);(H,6,7). The van der Waals surface area contributed by atoms with Crippen LogP contribution < -0.4 is 5.32 Å². The molecule has 0 aliphatic carbocycles. The largest absolute Gasteiger partial charge is 0.490 e. The Morgan fingerprint density at radius 1 is 1.18 bits per heavy atom. The van der Waals surface area contributed by atoms with E-state index in [2.05, 4.69) is 37.7 Å². The molecule has 1 saturated heterocycles. The number of halogens is 3. The molecule has 1 aliphatic heterocycles. The smallest absolute Gasteiger partial charge is 0.475 e. The van der Waals surface area contributed by atoms with E-state index in [1.807, 2.05) is 50.5 Å². The van der Waals surface area contributed by atoms with Crippen molar-refractivity contribution >= 4 is 17.4 Å². The third-order valence-corrected chi connectivity index (χ3v) is 6.11. The number of hydrogen-bond donors (Lipinski definition) is 2. The van der Waals surface area contributed by atoms with Gasteiger partial charge < -0.3 is 19.7 Å². The molecular formula is C26H27F3N6O5. The van der Waals surface area contributed by atoms with Gasteiger partial charge >= 0.3 is 12.1 Å². The minimum absolute atomic E-state index is 0.0403. The third-order valence-electron chi connectivity index (χ3n) is 6.11. The number of carboxylic acid groups (broad SMARTS) is 1. The van der Waals surface area contributed by atoms with Crippen molar-refractivity contribution in [2.45, 2.75) is 51.7 Å². The fourth-order valence-electron chi connectivity index (χ4n) is 3.74. The second-order valence-corrected chi connectivity index (χ2v) is 10.2. The summed E-state index contributed by atoms with van der Waals surface area (Å²) in [7, 11) is 0. The molecule has 0 bridgehead atoms. The number of nitrogens with one attached hydrogen (secondary N) is 1. The molecule has 2 N–H and O–H groups in total. The molecular weight excluding hydrogens is 533 g/mol. The summed E-state index contributed by atoms with van der Waals surface area (Å²) >= 11 is 0. The van der Waals surface area contributed by atoms with Gasteiger partial charge in [-0.2, -0.15) is 23.3 Å². The number of ether oxygens (including phenoxy) is 1. The molecule has 212 valence electrons. The molecule has 0 unspecified atom stereocenters. The summed E-state index contributed by atoms with van der Waals surface area (Å²) in [5, 5.41) is 18.2. The van der Waals surface area contributed by atoms with Gasteiger partial charge in [-0.05, 0) is 35.7 Å². The minimum Gasteiger partial charge on any atom is -0.475 e. The fourth-order valence-corrected chi connectivity index (χ4v) is 3.74. The van der Waals surface area contributed by atoms with E-state index in [1.54, 1.807) is 6.33 Å². The van der Waals surface area contributed by atoms with Crippen LogP contribution in [0.25, 0.3) is 16.8 Å². The number of carboxylic acids is 1. The van der Waals surface area contributed by atoms with E-state index >= 15 is 0 Å². The Labute approximate surface area is 226 Å². The van der Waals surface area contributed by atoms with Crippen LogP contribution in [0.4, 0.5) is 13.2 Å². The van der Waals surface area contributed by atoms with Crippen LogP contribution in [0.5, 0.6) is 0 Å². The highest BCUT2D eigenvalue weighted by Crippen LogP contribution is 2.30. The van der Waals surface area contributed by atoms with Crippen molar-refractivity contribution in [3.05, 3.63) is 65.2 Å². The van der Waals surface area contributed by atoms with Crippen LogP contribution in [-0.4, -0.2) is 61.1 Å². The average Bonchev–Trinajstić information content (AvgIpc) is 3.49. The first kappa shape index (κ1) is 28.7. The van der Waals surface area contributed by atoms with Gasteiger partial charge in [0.1, 0.15) is 6.33 Å². The molecule has 5 rings (SSSR count). The van der Waals surface area contributed by atoms with E-state index in [9.17, 15) is 18.0 Å². The maximum atomic E-state index is 12.5. The summed E-state index contributed by atoms with van der Waals surface area (Å²) in [6.07, 6.45) is -1.46. The number of aryl methyl sites for hydroxylation is 1. The van der Waals surface area contributed by atoms with E-state index in [0.717, 1.165) is 41.1 Å². The fraction of sp³-hybridized carbons (Fsp3) is 0.385. The highest BCUT2D eigenvalue weighted by atomic mass is 19.4. The number of nitrogens with zero attached hydrogens (tertiary/aromatic N) is 5. The maximum Gasteiger partial charge on any atom is 0.490 e. The second-order valence-electron chi connectivity index (χ2n) is 10.2. The Morgan fingerprint density at radius 3 is 2.42 bits per heavy atom. The predicted molar refractivity (Wildman–Crippen MR) is 135 cm³/mol.